The predicted octanol–water partition coefficient (Wildman–Crippen LogP) is 3.04. The maximum absolute atomic E-state index is 10.4. The molecule has 9 heavy (non-hydrogen) atoms. The lowest BCUT2D eigenvalue weighted by Gasteiger charge is -1.87. The minimum atomic E-state index is 0. The lowest BCUT2D eigenvalue weighted by Crippen LogP contribution is -1.91. The minimum Gasteiger partial charge on any atom is -0.300 e. The fourth-order valence-corrected chi connectivity index (χ4v) is 0.456. The smallest absolute Gasteiger partial charge is 0.132 e. The topological polar surface area (TPSA) is 17.1 Å². The molecule has 0 N–H and O–H groups in total. The summed E-state index contributed by atoms with van der Waals surface area (Å²) in [5.41, 5.74) is 0. The molecule has 0 aromatic heterocycles. The largest absolute Gasteiger partial charge is 0.300 e. The fraction of sp³-hybridized carbons (Fsp3) is 0.875. The van der Waals surface area contributed by atoms with Crippen LogP contribution < -0.4 is 0 Å². The molecule has 0 radical (unpaired) electrons. The molecular weight excluding hydrogens is 112 g/mol. The number of rotatable bonds is 3. The van der Waals surface area contributed by atoms with Gasteiger partial charge in [-0.15, -0.1) is 0 Å². The summed E-state index contributed by atoms with van der Waals surface area (Å²) in [5, 5.41) is 0. The number of carbonyl (C=O) groups is 1. The van der Waals surface area contributed by atoms with Gasteiger partial charge in [-0.05, 0) is 6.42 Å². The van der Waals surface area contributed by atoms with Crippen LogP contribution in [0.15, 0.2) is 0 Å². The molecule has 0 saturated carbocycles. The van der Waals surface area contributed by atoms with E-state index in [4.69, 9.17) is 0 Å². The average molecular weight is 132 g/mol. The van der Waals surface area contributed by atoms with Crippen molar-refractivity contribution in [3.8, 4) is 0 Å². The Kier molecular flexibility index (Phi) is 18.7. The molecular formula is C8H20O. The molecule has 1 nitrogen and oxygen atoms in total. The molecule has 0 aromatic carbocycles. The third-order valence-corrected chi connectivity index (χ3v) is 0.923. The van der Waals surface area contributed by atoms with Crippen LogP contribution in [-0.4, -0.2) is 5.78 Å². The molecule has 1 heteroatoms. The summed E-state index contributed by atoms with van der Waals surface area (Å²) in [7, 11) is 0. The van der Waals surface area contributed by atoms with Gasteiger partial charge in [0.2, 0.25) is 0 Å². The Morgan fingerprint density at radius 1 is 1.22 bits per heavy atom. The summed E-state index contributed by atoms with van der Waals surface area (Å²) in [5.74, 6) is 0.377. The van der Waals surface area contributed by atoms with Crippen molar-refractivity contribution in [3.05, 3.63) is 0 Å². The van der Waals surface area contributed by atoms with Gasteiger partial charge in [-0.25, -0.2) is 0 Å². The molecule has 0 unspecified atom stereocenters. The molecule has 0 fully saturated rings. The predicted molar refractivity (Wildman–Crippen MR) is 43.7 cm³/mol. The van der Waals surface area contributed by atoms with Gasteiger partial charge in [0, 0.05) is 12.8 Å². The first-order valence-electron chi connectivity index (χ1n) is 2.83. The maximum atomic E-state index is 10.4. The van der Waals surface area contributed by atoms with Crippen molar-refractivity contribution in [1.29, 1.82) is 0 Å². The molecule has 0 aliphatic carbocycles. The Hall–Kier alpha value is -0.330. The number of Topliss-reactive ketones (excluding diaryl/α,β-unsaturated/α-hetero) is 1. The summed E-state index contributed by atoms with van der Waals surface area (Å²) in [6.45, 7) is 3.92. The van der Waals surface area contributed by atoms with Crippen molar-refractivity contribution in [1.82, 2.24) is 0 Å². The molecule has 0 rings (SSSR count). The van der Waals surface area contributed by atoms with Crippen LogP contribution in [0, 0.1) is 0 Å². The lowest BCUT2D eigenvalue weighted by atomic mass is 10.2. The highest BCUT2D eigenvalue weighted by atomic mass is 16.1. The van der Waals surface area contributed by atoms with E-state index in [9.17, 15) is 4.79 Å². The Morgan fingerprint density at radius 3 is 1.78 bits per heavy atom. The molecule has 0 atom stereocenters. The molecule has 0 aliphatic rings. The summed E-state index contributed by atoms with van der Waals surface area (Å²) >= 11 is 0. The van der Waals surface area contributed by atoms with Gasteiger partial charge in [0.25, 0.3) is 0 Å². The van der Waals surface area contributed by atoms with Crippen LogP contribution in [0.4, 0.5) is 0 Å². The van der Waals surface area contributed by atoms with E-state index >= 15 is 0 Å². The molecule has 0 aromatic rings. The minimum absolute atomic E-state index is 0. The SMILES string of the molecule is C.C.CCCC(=O)CC. The second-order valence-electron chi connectivity index (χ2n) is 1.64. The summed E-state index contributed by atoms with van der Waals surface area (Å²) < 4.78 is 0. The maximum Gasteiger partial charge on any atom is 0.132 e. The van der Waals surface area contributed by atoms with E-state index in [1.165, 1.54) is 0 Å². The van der Waals surface area contributed by atoms with Crippen LogP contribution in [0.2, 0.25) is 0 Å². The first kappa shape index (κ1) is 15.9. The van der Waals surface area contributed by atoms with Crippen LogP contribution in [-0.2, 0) is 4.79 Å². The van der Waals surface area contributed by atoms with Gasteiger partial charge in [-0.3, -0.25) is 4.79 Å². The van der Waals surface area contributed by atoms with E-state index in [0.717, 1.165) is 12.8 Å². The zero-order chi connectivity index (χ0) is 5.70. The highest BCUT2D eigenvalue weighted by Crippen LogP contribution is 1.90. The Balaban J connectivity index is -0.000000180. The van der Waals surface area contributed by atoms with E-state index in [1.807, 2.05) is 13.8 Å². The van der Waals surface area contributed by atoms with Crippen molar-refractivity contribution in [2.75, 3.05) is 0 Å². The Bertz CT molecular complexity index is 57.6. The van der Waals surface area contributed by atoms with E-state index < -0.39 is 0 Å². The van der Waals surface area contributed by atoms with Gasteiger partial charge in [-0.2, -0.15) is 0 Å². The molecule has 0 heterocycles. The summed E-state index contributed by atoms with van der Waals surface area (Å²) in [6, 6.07) is 0. The van der Waals surface area contributed by atoms with Crippen molar-refractivity contribution in [2.45, 2.75) is 48.0 Å². The molecule has 0 saturated heterocycles. The van der Waals surface area contributed by atoms with Gasteiger partial charge in [0.05, 0.1) is 0 Å². The van der Waals surface area contributed by atoms with Gasteiger partial charge in [-0.1, -0.05) is 28.7 Å². The van der Waals surface area contributed by atoms with Gasteiger partial charge in [0.15, 0.2) is 0 Å². The van der Waals surface area contributed by atoms with Crippen molar-refractivity contribution >= 4 is 5.78 Å². The number of ketones is 1. The molecule has 0 amide bonds. The molecule has 58 valence electrons. The quantitative estimate of drug-likeness (QED) is 0.577. The van der Waals surface area contributed by atoms with E-state index in [2.05, 4.69) is 0 Å². The van der Waals surface area contributed by atoms with Crippen LogP contribution in [0.25, 0.3) is 0 Å². The number of carbonyl (C=O) groups excluding carboxylic acids is 1. The normalized spacial score (nSPS) is 6.89. The van der Waals surface area contributed by atoms with Crippen molar-refractivity contribution in [2.24, 2.45) is 0 Å². The van der Waals surface area contributed by atoms with Crippen LogP contribution in [0.3, 0.4) is 0 Å². The second kappa shape index (κ2) is 10.6. The second-order valence-corrected chi connectivity index (χ2v) is 1.64. The van der Waals surface area contributed by atoms with Crippen molar-refractivity contribution < 1.29 is 4.79 Å². The third kappa shape index (κ3) is 11.3. The Labute approximate surface area is 59.5 Å². The highest BCUT2D eigenvalue weighted by molar-refractivity contribution is 5.77. The number of hydrogen-bond acceptors (Lipinski definition) is 1. The average Bonchev–Trinajstić information content (AvgIpc) is 1.68. The first-order valence-corrected chi connectivity index (χ1v) is 2.83. The zero-order valence-electron chi connectivity index (χ0n) is 5.03. The van der Waals surface area contributed by atoms with Gasteiger partial charge >= 0.3 is 0 Å². The van der Waals surface area contributed by atoms with E-state index in [1.54, 1.807) is 0 Å². The van der Waals surface area contributed by atoms with Gasteiger partial charge in [0.1, 0.15) is 5.78 Å². The molecule has 0 bridgehead atoms. The zero-order valence-corrected chi connectivity index (χ0v) is 5.03. The van der Waals surface area contributed by atoms with Gasteiger partial charge < -0.3 is 0 Å². The standard InChI is InChI=1S/C6H12O.2CH4/c1-3-5-6(7)4-2;;/h3-5H2,1-2H3;2*1H4. The first-order chi connectivity index (χ1) is 3.31. The Morgan fingerprint density at radius 2 is 1.67 bits per heavy atom. The summed E-state index contributed by atoms with van der Waals surface area (Å²) in [6.07, 6.45) is 2.46. The third-order valence-electron chi connectivity index (χ3n) is 0.923. The lowest BCUT2D eigenvalue weighted by molar-refractivity contribution is -0.118. The highest BCUT2D eigenvalue weighted by Gasteiger charge is 1.91. The van der Waals surface area contributed by atoms with Crippen LogP contribution in [0.5, 0.6) is 0 Å². The van der Waals surface area contributed by atoms with Crippen molar-refractivity contribution in [3.63, 3.8) is 0 Å². The monoisotopic (exact) mass is 132 g/mol. The van der Waals surface area contributed by atoms with Crippen LogP contribution >= 0.6 is 0 Å². The van der Waals surface area contributed by atoms with E-state index in [-0.39, 0.29) is 14.9 Å². The summed E-state index contributed by atoms with van der Waals surface area (Å²) in [4.78, 5) is 10.4. The molecule has 0 aliphatic heterocycles. The van der Waals surface area contributed by atoms with Crippen LogP contribution in [0.1, 0.15) is 48.0 Å². The fourth-order valence-electron chi connectivity index (χ4n) is 0.456. The molecule has 0 spiro atoms. The number of hydrogen-bond donors (Lipinski definition) is 0. The van der Waals surface area contributed by atoms with E-state index in [0.29, 0.717) is 12.2 Å².